The summed E-state index contributed by atoms with van der Waals surface area (Å²) in [5.41, 5.74) is 1.69. The van der Waals surface area contributed by atoms with Crippen molar-refractivity contribution < 1.29 is 14.3 Å². The number of aromatic nitrogens is 1. The van der Waals surface area contributed by atoms with Gasteiger partial charge in [-0.1, -0.05) is 36.7 Å². The molecule has 0 fully saturated rings. The van der Waals surface area contributed by atoms with Crippen molar-refractivity contribution in [2.45, 2.75) is 20.0 Å². The maximum atomic E-state index is 11.7. The number of halogens is 1. The van der Waals surface area contributed by atoms with Crippen LogP contribution in [0.4, 0.5) is 0 Å². The number of nitrogens with zero attached hydrogens (tertiary/aromatic N) is 1. The number of rotatable bonds is 7. The highest BCUT2D eigenvalue weighted by molar-refractivity contribution is 6.29. The third-order valence-electron chi connectivity index (χ3n) is 2.93. The molecule has 0 radical (unpaired) electrons. The summed E-state index contributed by atoms with van der Waals surface area (Å²) >= 11 is 5.69. The van der Waals surface area contributed by atoms with Crippen LogP contribution in [0.25, 0.3) is 6.08 Å². The van der Waals surface area contributed by atoms with Crippen molar-refractivity contribution in [3.63, 3.8) is 0 Å². The first-order valence-electron chi connectivity index (χ1n) is 7.35. The number of carbonyl (C=O) groups excluding carboxylic acids is 1. The Balaban J connectivity index is 1.82. The quantitative estimate of drug-likeness (QED) is 0.431. The third-order valence-corrected chi connectivity index (χ3v) is 3.16. The topological polar surface area (TPSA) is 48.4 Å². The van der Waals surface area contributed by atoms with Crippen LogP contribution in [0.5, 0.6) is 5.75 Å². The lowest BCUT2D eigenvalue weighted by Crippen LogP contribution is -2.01. The van der Waals surface area contributed by atoms with Gasteiger partial charge in [0.25, 0.3) is 0 Å². The first-order valence-corrected chi connectivity index (χ1v) is 7.73. The molecule has 0 atom stereocenters. The van der Waals surface area contributed by atoms with Gasteiger partial charge in [0, 0.05) is 17.8 Å². The highest BCUT2D eigenvalue weighted by Gasteiger charge is 2.00. The van der Waals surface area contributed by atoms with Crippen LogP contribution in [0.3, 0.4) is 0 Å². The predicted molar refractivity (Wildman–Crippen MR) is 90.3 cm³/mol. The van der Waals surface area contributed by atoms with E-state index >= 15 is 0 Å². The van der Waals surface area contributed by atoms with Gasteiger partial charge in [-0.25, -0.2) is 9.78 Å². The van der Waals surface area contributed by atoms with Gasteiger partial charge in [0.15, 0.2) is 0 Å². The van der Waals surface area contributed by atoms with Crippen LogP contribution in [-0.2, 0) is 16.1 Å². The van der Waals surface area contributed by atoms with Gasteiger partial charge in [-0.2, -0.15) is 0 Å². The highest BCUT2D eigenvalue weighted by Crippen LogP contribution is 2.13. The maximum Gasteiger partial charge on any atom is 0.331 e. The standard InChI is InChI=1S/C18H18ClNO3/c1-2-11-22-16-7-3-14(4-8-16)6-10-18(21)23-13-15-5-9-17(19)20-12-15/h3-10,12H,2,11,13H2,1H3/b10-6+. The van der Waals surface area contributed by atoms with Gasteiger partial charge in [0.1, 0.15) is 17.5 Å². The van der Waals surface area contributed by atoms with E-state index in [2.05, 4.69) is 11.9 Å². The number of ether oxygens (including phenoxy) is 2. The number of carbonyl (C=O) groups is 1. The summed E-state index contributed by atoms with van der Waals surface area (Å²) in [4.78, 5) is 15.6. The fraction of sp³-hybridized carbons (Fsp3) is 0.222. The summed E-state index contributed by atoms with van der Waals surface area (Å²) in [7, 11) is 0. The second kappa shape index (κ2) is 8.96. The molecule has 0 saturated heterocycles. The molecule has 1 aromatic carbocycles. The molecule has 4 nitrogen and oxygen atoms in total. The molecule has 0 amide bonds. The molecule has 2 rings (SSSR count). The molecule has 0 unspecified atom stereocenters. The number of hydrogen-bond acceptors (Lipinski definition) is 4. The molecule has 23 heavy (non-hydrogen) atoms. The molecule has 0 aliphatic rings. The summed E-state index contributed by atoms with van der Waals surface area (Å²) in [5.74, 6) is 0.410. The molecular formula is C18H18ClNO3. The summed E-state index contributed by atoms with van der Waals surface area (Å²) in [6.45, 7) is 2.92. The summed E-state index contributed by atoms with van der Waals surface area (Å²) in [6, 6.07) is 10.9. The van der Waals surface area contributed by atoms with Gasteiger partial charge in [0.2, 0.25) is 0 Å². The van der Waals surface area contributed by atoms with Crippen LogP contribution in [-0.4, -0.2) is 17.6 Å². The lowest BCUT2D eigenvalue weighted by atomic mass is 10.2. The zero-order valence-corrected chi connectivity index (χ0v) is 13.6. The Morgan fingerprint density at radius 3 is 2.65 bits per heavy atom. The van der Waals surface area contributed by atoms with Crippen LogP contribution in [0.2, 0.25) is 5.15 Å². The second-order valence-corrected chi connectivity index (χ2v) is 5.23. The lowest BCUT2D eigenvalue weighted by molar-refractivity contribution is -0.138. The van der Waals surface area contributed by atoms with Crippen molar-refractivity contribution in [2.24, 2.45) is 0 Å². The van der Waals surface area contributed by atoms with E-state index in [9.17, 15) is 4.79 Å². The largest absolute Gasteiger partial charge is 0.494 e. The monoisotopic (exact) mass is 331 g/mol. The molecule has 0 aliphatic heterocycles. The third kappa shape index (κ3) is 6.12. The van der Waals surface area contributed by atoms with Crippen molar-refractivity contribution >= 4 is 23.6 Å². The first-order chi connectivity index (χ1) is 11.2. The zero-order chi connectivity index (χ0) is 16.5. The van der Waals surface area contributed by atoms with Crippen LogP contribution in [0.1, 0.15) is 24.5 Å². The smallest absolute Gasteiger partial charge is 0.331 e. The Labute approximate surface area is 140 Å². The van der Waals surface area contributed by atoms with Crippen molar-refractivity contribution in [1.82, 2.24) is 4.98 Å². The second-order valence-electron chi connectivity index (χ2n) is 4.85. The first kappa shape index (κ1) is 17.0. The molecule has 2 aromatic rings. The van der Waals surface area contributed by atoms with Crippen molar-refractivity contribution in [2.75, 3.05) is 6.61 Å². The molecule has 0 saturated carbocycles. The van der Waals surface area contributed by atoms with Crippen molar-refractivity contribution in [3.05, 3.63) is 65.0 Å². The fourth-order valence-electron chi connectivity index (χ4n) is 1.75. The number of pyridine rings is 1. The van der Waals surface area contributed by atoms with E-state index in [1.165, 1.54) is 6.08 Å². The molecule has 1 aromatic heterocycles. The van der Waals surface area contributed by atoms with Gasteiger partial charge in [-0.3, -0.25) is 0 Å². The minimum Gasteiger partial charge on any atom is -0.494 e. The summed E-state index contributed by atoms with van der Waals surface area (Å²) in [5, 5.41) is 0.409. The van der Waals surface area contributed by atoms with Crippen LogP contribution in [0.15, 0.2) is 48.7 Å². The van der Waals surface area contributed by atoms with Crippen LogP contribution < -0.4 is 4.74 Å². The number of hydrogen-bond donors (Lipinski definition) is 0. The van der Waals surface area contributed by atoms with E-state index in [-0.39, 0.29) is 6.61 Å². The van der Waals surface area contributed by atoms with E-state index in [4.69, 9.17) is 21.1 Å². The van der Waals surface area contributed by atoms with Crippen LogP contribution >= 0.6 is 11.6 Å². The van der Waals surface area contributed by atoms with E-state index in [0.717, 1.165) is 23.3 Å². The predicted octanol–water partition coefficient (Wildman–Crippen LogP) is 4.28. The van der Waals surface area contributed by atoms with E-state index in [1.54, 1.807) is 24.4 Å². The van der Waals surface area contributed by atoms with E-state index in [0.29, 0.717) is 11.8 Å². The molecule has 1 heterocycles. The average molecular weight is 332 g/mol. The lowest BCUT2D eigenvalue weighted by Gasteiger charge is -2.04. The molecular weight excluding hydrogens is 314 g/mol. The van der Waals surface area contributed by atoms with E-state index < -0.39 is 5.97 Å². The van der Waals surface area contributed by atoms with Gasteiger partial charge in [0.05, 0.1) is 6.61 Å². The molecule has 0 aliphatic carbocycles. The Morgan fingerprint density at radius 1 is 1.22 bits per heavy atom. The van der Waals surface area contributed by atoms with Gasteiger partial charge in [-0.15, -0.1) is 0 Å². The molecule has 0 bridgehead atoms. The Hall–Kier alpha value is -2.33. The van der Waals surface area contributed by atoms with Crippen molar-refractivity contribution in [1.29, 1.82) is 0 Å². The minimum absolute atomic E-state index is 0.164. The van der Waals surface area contributed by atoms with Crippen LogP contribution in [0, 0.1) is 0 Å². The minimum atomic E-state index is -0.411. The Morgan fingerprint density at radius 2 is 2.00 bits per heavy atom. The highest BCUT2D eigenvalue weighted by atomic mass is 35.5. The Kier molecular flexibility index (Phi) is 6.63. The summed E-state index contributed by atoms with van der Waals surface area (Å²) in [6.07, 6.45) is 5.64. The molecule has 120 valence electrons. The number of esters is 1. The zero-order valence-electron chi connectivity index (χ0n) is 12.9. The maximum absolute atomic E-state index is 11.7. The SMILES string of the molecule is CCCOc1ccc(/C=C/C(=O)OCc2ccc(Cl)nc2)cc1. The summed E-state index contributed by atoms with van der Waals surface area (Å²) < 4.78 is 10.6. The molecule has 5 heteroatoms. The molecule has 0 N–H and O–H groups in total. The van der Waals surface area contributed by atoms with Gasteiger partial charge >= 0.3 is 5.97 Å². The number of benzene rings is 1. The van der Waals surface area contributed by atoms with Crippen molar-refractivity contribution in [3.8, 4) is 5.75 Å². The van der Waals surface area contributed by atoms with Gasteiger partial charge in [-0.05, 0) is 36.3 Å². The Bertz CT molecular complexity index is 651. The molecule has 0 spiro atoms. The fourth-order valence-corrected chi connectivity index (χ4v) is 1.87. The van der Waals surface area contributed by atoms with Gasteiger partial charge < -0.3 is 9.47 Å². The normalized spacial score (nSPS) is 10.7. The average Bonchev–Trinajstić information content (AvgIpc) is 2.58. The van der Waals surface area contributed by atoms with E-state index in [1.807, 2.05) is 24.3 Å².